The first-order valence-electron chi connectivity index (χ1n) is 6.65. The SMILES string of the molecule is COc1ccc2[nH]c3c(ccc4c3ccc[n+]4C)c2c1.[I-]. The van der Waals surface area contributed by atoms with Gasteiger partial charge in [-0.1, -0.05) is 0 Å². The van der Waals surface area contributed by atoms with Crippen molar-refractivity contribution >= 4 is 32.7 Å². The van der Waals surface area contributed by atoms with Crippen LogP contribution in [-0.4, -0.2) is 12.1 Å². The molecule has 2 heterocycles. The summed E-state index contributed by atoms with van der Waals surface area (Å²) >= 11 is 0. The summed E-state index contributed by atoms with van der Waals surface area (Å²) in [6.45, 7) is 0. The van der Waals surface area contributed by atoms with Gasteiger partial charge < -0.3 is 33.7 Å². The minimum absolute atomic E-state index is 0. The highest BCUT2D eigenvalue weighted by Crippen LogP contribution is 2.32. The van der Waals surface area contributed by atoms with Gasteiger partial charge in [-0.05, 0) is 30.3 Å². The largest absolute Gasteiger partial charge is 1.00 e. The zero-order valence-corrected chi connectivity index (χ0v) is 14.0. The normalized spacial score (nSPS) is 11.0. The molecule has 0 spiro atoms. The zero-order valence-electron chi connectivity index (χ0n) is 11.9. The second kappa shape index (κ2) is 5.18. The molecule has 0 saturated heterocycles. The minimum atomic E-state index is 0. The van der Waals surface area contributed by atoms with Gasteiger partial charge >= 0.3 is 0 Å². The summed E-state index contributed by atoms with van der Waals surface area (Å²) in [6.07, 6.45) is 2.07. The smallest absolute Gasteiger partial charge is 0.214 e. The van der Waals surface area contributed by atoms with Crippen LogP contribution < -0.4 is 33.3 Å². The standard InChI is InChI=1S/C17H14N2O.HI/c1-19-9-3-4-13-16(19)8-6-12-14-10-11(20-2)5-7-15(14)18-17(12)13;/h3-10H,1-2H3;1H. The molecular formula is C17H15IN2O. The van der Waals surface area contributed by atoms with E-state index in [1.54, 1.807) is 7.11 Å². The van der Waals surface area contributed by atoms with Crippen molar-refractivity contribution in [2.75, 3.05) is 7.11 Å². The minimum Gasteiger partial charge on any atom is -1.00 e. The molecule has 0 aliphatic rings. The van der Waals surface area contributed by atoms with E-state index in [-0.39, 0.29) is 24.0 Å². The molecule has 3 nitrogen and oxygen atoms in total. The number of aromatic nitrogens is 2. The number of fused-ring (bicyclic) bond motifs is 5. The van der Waals surface area contributed by atoms with Gasteiger partial charge in [-0.3, -0.25) is 0 Å². The van der Waals surface area contributed by atoms with Gasteiger partial charge in [0.05, 0.1) is 18.0 Å². The monoisotopic (exact) mass is 390 g/mol. The second-order valence-corrected chi connectivity index (χ2v) is 5.08. The summed E-state index contributed by atoms with van der Waals surface area (Å²) in [7, 11) is 3.77. The number of benzene rings is 2. The van der Waals surface area contributed by atoms with Crippen molar-refractivity contribution in [3.05, 3.63) is 48.7 Å². The number of methoxy groups -OCH3 is 1. The van der Waals surface area contributed by atoms with Crippen LogP contribution >= 0.6 is 0 Å². The summed E-state index contributed by atoms with van der Waals surface area (Å²) in [5.41, 5.74) is 3.54. The molecule has 0 aliphatic heterocycles. The molecule has 106 valence electrons. The molecule has 0 radical (unpaired) electrons. The first kappa shape index (κ1) is 14.1. The molecule has 0 bridgehead atoms. The van der Waals surface area contributed by atoms with E-state index in [4.69, 9.17) is 4.74 Å². The molecule has 1 N–H and O–H groups in total. The Labute approximate surface area is 139 Å². The number of ether oxygens (including phenoxy) is 1. The predicted molar refractivity (Wildman–Crippen MR) is 81.0 cm³/mol. The van der Waals surface area contributed by atoms with Crippen molar-refractivity contribution in [2.45, 2.75) is 0 Å². The van der Waals surface area contributed by atoms with E-state index in [2.05, 4.69) is 59.2 Å². The number of aromatic amines is 1. The molecule has 4 rings (SSSR count). The number of hydrogen-bond acceptors (Lipinski definition) is 1. The number of hydrogen-bond donors (Lipinski definition) is 1. The van der Waals surface area contributed by atoms with Crippen molar-refractivity contribution in [3.63, 3.8) is 0 Å². The van der Waals surface area contributed by atoms with Crippen LogP contribution in [0, 0.1) is 0 Å². The van der Waals surface area contributed by atoms with Crippen molar-refractivity contribution in [2.24, 2.45) is 7.05 Å². The first-order valence-corrected chi connectivity index (χ1v) is 6.65. The van der Waals surface area contributed by atoms with E-state index in [0.29, 0.717) is 0 Å². The van der Waals surface area contributed by atoms with Crippen LogP contribution in [0.5, 0.6) is 5.75 Å². The molecule has 2 aromatic carbocycles. The molecule has 2 aromatic heterocycles. The van der Waals surface area contributed by atoms with Crippen LogP contribution in [0.25, 0.3) is 32.7 Å². The van der Waals surface area contributed by atoms with Crippen LogP contribution in [0.4, 0.5) is 0 Å². The average Bonchev–Trinajstić information content (AvgIpc) is 2.85. The Bertz CT molecular complexity index is 959. The lowest BCUT2D eigenvalue weighted by Gasteiger charge is -1.99. The number of H-pyrrole nitrogens is 1. The van der Waals surface area contributed by atoms with Crippen LogP contribution in [0.2, 0.25) is 0 Å². The van der Waals surface area contributed by atoms with E-state index in [1.165, 1.54) is 27.2 Å². The van der Waals surface area contributed by atoms with Crippen molar-refractivity contribution in [1.82, 2.24) is 4.98 Å². The average molecular weight is 390 g/mol. The Kier molecular flexibility index (Phi) is 3.49. The molecule has 4 heteroatoms. The third-order valence-electron chi connectivity index (χ3n) is 3.95. The maximum Gasteiger partial charge on any atom is 0.214 e. The van der Waals surface area contributed by atoms with Gasteiger partial charge in [0.15, 0.2) is 6.20 Å². The first-order chi connectivity index (χ1) is 9.78. The lowest BCUT2D eigenvalue weighted by atomic mass is 10.1. The molecule has 0 atom stereocenters. The van der Waals surface area contributed by atoms with Crippen LogP contribution in [0.15, 0.2) is 48.7 Å². The molecular weight excluding hydrogens is 375 g/mol. The van der Waals surface area contributed by atoms with Crippen molar-refractivity contribution in [3.8, 4) is 5.75 Å². The fraction of sp³-hybridized carbons (Fsp3) is 0.118. The van der Waals surface area contributed by atoms with Gasteiger partial charge in [0.25, 0.3) is 0 Å². The Balaban J connectivity index is 0.00000132. The molecule has 0 aliphatic carbocycles. The lowest BCUT2D eigenvalue weighted by Crippen LogP contribution is -3.00. The van der Waals surface area contributed by atoms with Crippen molar-refractivity contribution in [1.29, 1.82) is 0 Å². The van der Waals surface area contributed by atoms with Gasteiger partial charge in [-0.15, -0.1) is 0 Å². The Morgan fingerprint density at radius 1 is 1.00 bits per heavy atom. The number of rotatable bonds is 1. The number of nitrogens with zero attached hydrogens (tertiary/aromatic N) is 1. The summed E-state index contributed by atoms with van der Waals surface area (Å²) in [6, 6.07) is 14.7. The van der Waals surface area contributed by atoms with Gasteiger partial charge in [-0.25, -0.2) is 4.57 Å². The highest BCUT2D eigenvalue weighted by Gasteiger charge is 2.12. The highest BCUT2D eigenvalue weighted by atomic mass is 127. The van der Waals surface area contributed by atoms with Crippen LogP contribution in [0.3, 0.4) is 0 Å². The van der Waals surface area contributed by atoms with Gasteiger partial charge in [0.2, 0.25) is 5.52 Å². The van der Waals surface area contributed by atoms with E-state index in [9.17, 15) is 0 Å². The maximum absolute atomic E-state index is 5.33. The number of nitrogens with one attached hydrogen (secondary N) is 1. The number of aryl methyl sites for hydroxylation is 1. The number of pyridine rings is 1. The van der Waals surface area contributed by atoms with Crippen LogP contribution in [0.1, 0.15) is 0 Å². The molecule has 0 saturated carbocycles. The molecule has 0 fully saturated rings. The molecule has 21 heavy (non-hydrogen) atoms. The van der Waals surface area contributed by atoms with Gasteiger partial charge in [0.1, 0.15) is 12.8 Å². The summed E-state index contributed by atoms with van der Waals surface area (Å²) in [5.74, 6) is 0.886. The molecule has 4 aromatic rings. The summed E-state index contributed by atoms with van der Waals surface area (Å²) in [5, 5.41) is 3.67. The maximum atomic E-state index is 5.33. The third-order valence-corrected chi connectivity index (χ3v) is 3.95. The molecule has 0 amide bonds. The lowest BCUT2D eigenvalue weighted by molar-refractivity contribution is -0.644. The van der Waals surface area contributed by atoms with E-state index in [1.807, 2.05) is 6.07 Å². The van der Waals surface area contributed by atoms with Crippen molar-refractivity contribution < 1.29 is 33.3 Å². The Hall–Kier alpha value is -1.82. The zero-order chi connectivity index (χ0) is 13.7. The Morgan fingerprint density at radius 3 is 2.67 bits per heavy atom. The predicted octanol–water partition coefficient (Wildman–Crippen LogP) is 0.311. The summed E-state index contributed by atoms with van der Waals surface area (Å²) in [4.78, 5) is 3.53. The number of halogens is 1. The summed E-state index contributed by atoms with van der Waals surface area (Å²) < 4.78 is 7.47. The van der Waals surface area contributed by atoms with Gasteiger partial charge in [-0.2, -0.15) is 0 Å². The van der Waals surface area contributed by atoms with Crippen LogP contribution in [-0.2, 0) is 7.05 Å². The van der Waals surface area contributed by atoms with E-state index in [0.717, 1.165) is 11.3 Å². The highest BCUT2D eigenvalue weighted by molar-refractivity contribution is 6.16. The molecule has 0 unspecified atom stereocenters. The second-order valence-electron chi connectivity index (χ2n) is 5.08. The van der Waals surface area contributed by atoms with E-state index >= 15 is 0 Å². The van der Waals surface area contributed by atoms with E-state index < -0.39 is 0 Å². The topological polar surface area (TPSA) is 28.9 Å². The quantitative estimate of drug-likeness (QED) is 0.368. The fourth-order valence-electron chi connectivity index (χ4n) is 2.91. The third kappa shape index (κ3) is 2.05. The Morgan fingerprint density at radius 2 is 1.86 bits per heavy atom. The fourth-order valence-corrected chi connectivity index (χ4v) is 2.91. The van der Waals surface area contributed by atoms with Gasteiger partial charge in [0, 0.05) is 28.4 Å².